The minimum Gasteiger partial charge on any atom is -0.351 e. The zero-order valence-corrected chi connectivity index (χ0v) is 18.6. The molecule has 1 saturated carbocycles. The van der Waals surface area contributed by atoms with Crippen molar-refractivity contribution in [3.63, 3.8) is 0 Å². The highest BCUT2D eigenvalue weighted by molar-refractivity contribution is 6.07. The lowest BCUT2D eigenvalue weighted by Crippen LogP contribution is -2.43. The van der Waals surface area contributed by atoms with E-state index >= 15 is 0 Å². The molecule has 7 heteroatoms. The highest BCUT2D eigenvalue weighted by atomic mass is 19.1. The van der Waals surface area contributed by atoms with E-state index in [0.717, 1.165) is 30.2 Å². The van der Waals surface area contributed by atoms with Crippen LogP contribution in [0.25, 0.3) is 21.8 Å². The highest BCUT2D eigenvalue weighted by Crippen LogP contribution is 2.28. The summed E-state index contributed by atoms with van der Waals surface area (Å²) in [6.45, 7) is 2.22. The molecule has 0 bridgehead atoms. The lowest BCUT2D eigenvalue weighted by Gasteiger charge is -2.29. The molecule has 4 aromatic rings. The monoisotopic (exact) mass is 446 g/mol. The van der Waals surface area contributed by atoms with Gasteiger partial charge in [0.25, 0.3) is 5.56 Å². The maximum atomic E-state index is 14.4. The summed E-state index contributed by atoms with van der Waals surface area (Å²) in [5, 5.41) is 8.96. The number of benzene rings is 2. The summed E-state index contributed by atoms with van der Waals surface area (Å²) in [5.74, 6) is -0.101. The average Bonchev–Trinajstić information content (AvgIpc) is 3.13. The fourth-order valence-electron chi connectivity index (χ4n) is 4.99. The van der Waals surface area contributed by atoms with Gasteiger partial charge in [0.2, 0.25) is 5.91 Å². The number of carbonyl (C=O) groups is 1. The van der Waals surface area contributed by atoms with Crippen LogP contribution in [0.1, 0.15) is 38.2 Å². The zero-order chi connectivity index (χ0) is 22.9. The number of carbonyl (C=O) groups excluding carboxylic acids is 1. The third-order valence-electron chi connectivity index (χ3n) is 6.81. The van der Waals surface area contributed by atoms with Gasteiger partial charge >= 0.3 is 0 Å². The summed E-state index contributed by atoms with van der Waals surface area (Å²) in [4.78, 5) is 26.2. The molecule has 0 aliphatic heterocycles. The van der Waals surface area contributed by atoms with Gasteiger partial charge < -0.3 is 9.88 Å². The molecule has 0 saturated heterocycles. The van der Waals surface area contributed by atoms with Crippen LogP contribution in [0.4, 0.5) is 4.39 Å². The molecule has 6 nitrogen and oxygen atoms in total. The Morgan fingerprint density at radius 3 is 2.67 bits per heavy atom. The standard InChI is InChI=1S/C26H27FN4O2/c1-17-8-2-6-12-22(17)29-24(32)16-31-26(33)25-20(14-28-31)19-10-4-7-13-23(19)30(25)15-18-9-3-5-11-21(18)27/h3-5,7,9-11,13-14,17,22H,2,6,8,12,15-16H2,1H3,(H,29,32)/t17-,22-/m0/s1. The Kier molecular flexibility index (Phi) is 5.70. The molecule has 0 unspecified atom stereocenters. The maximum absolute atomic E-state index is 14.4. The third kappa shape index (κ3) is 4.03. The van der Waals surface area contributed by atoms with Crippen molar-refractivity contribution in [2.45, 2.75) is 51.7 Å². The molecule has 33 heavy (non-hydrogen) atoms. The smallest absolute Gasteiger partial charge is 0.291 e. The summed E-state index contributed by atoms with van der Waals surface area (Å²) in [7, 11) is 0. The van der Waals surface area contributed by atoms with Gasteiger partial charge in [0.1, 0.15) is 17.9 Å². The Morgan fingerprint density at radius 1 is 1.09 bits per heavy atom. The van der Waals surface area contributed by atoms with Gasteiger partial charge in [-0.25, -0.2) is 9.07 Å². The number of fused-ring (bicyclic) bond motifs is 3. The molecule has 2 atom stereocenters. The fourth-order valence-corrected chi connectivity index (χ4v) is 4.99. The molecule has 1 amide bonds. The third-order valence-corrected chi connectivity index (χ3v) is 6.81. The molecular formula is C26H27FN4O2. The number of hydrogen-bond acceptors (Lipinski definition) is 3. The molecule has 2 heterocycles. The minimum atomic E-state index is -0.355. The van der Waals surface area contributed by atoms with Crippen LogP contribution in [0.3, 0.4) is 0 Å². The molecule has 170 valence electrons. The maximum Gasteiger partial charge on any atom is 0.291 e. The first-order valence-electron chi connectivity index (χ1n) is 11.5. The largest absolute Gasteiger partial charge is 0.351 e. The van der Waals surface area contributed by atoms with E-state index in [1.165, 1.54) is 17.2 Å². The Bertz CT molecular complexity index is 1390. The number of aromatic nitrogens is 3. The van der Waals surface area contributed by atoms with Crippen molar-refractivity contribution in [1.82, 2.24) is 19.7 Å². The van der Waals surface area contributed by atoms with E-state index in [4.69, 9.17) is 0 Å². The summed E-state index contributed by atoms with van der Waals surface area (Å²) in [6.07, 6.45) is 6.00. The Hall–Kier alpha value is -3.48. The van der Waals surface area contributed by atoms with E-state index in [1.807, 2.05) is 28.8 Å². The Balaban J connectivity index is 1.54. The molecule has 1 aliphatic rings. The topological polar surface area (TPSA) is 68.9 Å². The van der Waals surface area contributed by atoms with Crippen molar-refractivity contribution in [2.75, 3.05) is 0 Å². The van der Waals surface area contributed by atoms with E-state index in [-0.39, 0.29) is 36.4 Å². The summed E-state index contributed by atoms with van der Waals surface area (Å²) in [5.41, 5.74) is 1.39. The van der Waals surface area contributed by atoms with Crippen LogP contribution in [-0.4, -0.2) is 26.3 Å². The fraction of sp³-hybridized carbons (Fsp3) is 0.346. The summed E-state index contributed by atoms with van der Waals surface area (Å²) < 4.78 is 17.5. The molecule has 1 aliphatic carbocycles. The first-order valence-corrected chi connectivity index (χ1v) is 11.5. The van der Waals surface area contributed by atoms with Crippen LogP contribution >= 0.6 is 0 Å². The van der Waals surface area contributed by atoms with E-state index in [9.17, 15) is 14.0 Å². The van der Waals surface area contributed by atoms with Crippen molar-refractivity contribution >= 4 is 27.7 Å². The van der Waals surface area contributed by atoms with Crippen molar-refractivity contribution in [2.24, 2.45) is 5.92 Å². The first kappa shape index (κ1) is 21.4. The average molecular weight is 447 g/mol. The van der Waals surface area contributed by atoms with Gasteiger partial charge in [-0.15, -0.1) is 0 Å². The van der Waals surface area contributed by atoms with E-state index in [0.29, 0.717) is 22.4 Å². The van der Waals surface area contributed by atoms with Gasteiger partial charge in [-0.1, -0.05) is 56.2 Å². The zero-order valence-electron chi connectivity index (χ0n) is 18.6. The number of amides is 1. The lowest BCUT2D eigenvalue weighted by molar-refractivity contribution is -0.123. The number of nitrogens with one attached hydrogen (secondary N) is 1. The number of halogens is 1. The normalized spacial score (nSPS) is 18.6. The Labute approximate surface area is 191 Å². The second-order valence-corrected chi connectivity index (χ2v) is 9.00. The minimum absolute atomic E-state index is 0.137. The highest BCUT2D eigenvalue weighted by Gasteiger charge is 2.24. The van der Waals surface area contributed by atoms with Crippen molar-refractivity contribution in [3.05, 3.63) is 76.5 Å². The molecule has 0 radical (unpaired) electrons. The number of para-hydroxylation sites is 1. The van der Waals surface area contributed by atoms with Crippen LogP contribution < -0.4 is 10.9 Å². The molecule has 1 N–H and O–H groups in total. The van der Waals surface area contributed by atoms with Gasteiger partial charge in [-0.05, 0) is 30.9 Å². The Morgan fingerprint density at radius 2 is 1.85 bits per heavy atom. The van der Waals surface area contributed by atoms with Crippen LogP contribution in [-0.2, 0) is 17.9 Å². The van der Waals surface area contributed by atoms with Crippen molar-refractivity contribution in [3.8, 4) is 0 Å². The molecule has 1 fully saturated rings. The summed E-state index contributed by atoms with van der Waals surface area (Å²) >= 11 is 0. The predicted octanol–water partition coefficient (Wildman–Crippen LogP) is 4.23. The molecule has 2 aromatic heterocycles. The number of rotatable bonds is 5. The molecule has 0 spiro atoms. The van der Waals surface area contributed by atoms with Gasteiger partial charge in [0, 0.05) is 27.9 Å². The van der Waals surface area contributed by atoms with E-state index in [2.05, 4.69) is 17.3 Å². The SMILES string of the molecule is C[C@H]1CCCC[C@@H]1NC(=O)Cn1ncc2c3ccccc3n(Cc3ccccc3F)c2c1=O. The lowest BCUT2D eigenvalue weighted by atomic mass is 9.86. The van der Waals surface area contributed by atoms with Crippen molar-refractivity contribution in [1.29, 1.82) is 0 Å². The van der Waals surface area contributed by atoms with Crippen LogP contribution in [0.2, 0.25) is 0 Å². The van der Waals surface area contributed by atoms with E-state index in [1.54, 1.807) is 24.4 Å². The molecule has 5 rings (SSSR count). The predicted molar refractivity (Wildman–Crippen MR) is 127 cm³/mol. The first-order chi connectivity index (χ1) is 16.0. The molecule has 2 aromatic carbocycles. The number of hydrogen-bond donors (Lipinski definition) is 1. The quantitative estimate of drug-likeness (QED) is 0.499. The number of nitrogens with zero attached hydrogens (tertiary/aromatic N) is 3. The summed E-state index contributed by atoms with van der Waals surface area (Å²) in [6, 6.07) is 14.3. The van der Waals surface area contributed by atoms with Crippen molar-refractivity contribution < 1.29 is 9.18 Å². The second-order valence-electron chi connectivity index (χ2n) is 9.00. The van der Waals surface area contributed by atoms with Crippen LogP contribution in [0, 0.1) is 11.7 Å². The van der Waals surface area contributed by atoms with Gasteiger partial charge in [-0.2, -0.15) is 5.10 Å². The van der Waals surface area contributed by atoms with Gasteiger partial charge in [0.05, 0.1) is 12.7 Å². The van der Waals surface area contributed by atoms with Crippen LogP contribution in [0.15, 0.2) is 59.5 Å². The van der Waals surface area contributed by atoms with Gasteiger partial charge in [0.15, 0.2) is 0 Å². The molecular weight excluding hydrogens is 419 g/mol. The van der Waals surface area contributed by atoms with Gasteiger partial charge in [-0.3, -0.25) is 9.59 Å². The second kappa shape index (κ2) is 8.81. The van der Waals surface area contributed by atoms with Crippen LogP contribution in [0.5, 0.6) is 0 Å². The van der Waals surface area contributed by atoms with E-state index < -0.39 is 0 Å².